The summed E-state index contributed by atoms with van der Waals surface area (Å²) >= 11 is 0. The number of carbonyl (C=O) groups excluding carboxylic acids is 1. The third-order valence-electron chi connectivity index (χ3n) is 4.29. The van der Waals surface area contributed by atoms with Crippen LogP contribution >= 0.6 is 0 Å². The van der Waals surface area contributed by atoms with Crippen molar-refractivity contribution < 1.29 is 13.2 Å². The maximum absolute atomic E-state index is 12.8. The first-order valence-electron chi connectivity index (χ1n) is 7.52. The number of nitrogens with zero attached hydrogens (tertiary/aromatic N) is 2. The smallest absolute Gasteiger partial charge is 0.243 e. The second-order valence-corrected chi connectivity index (χ2v) is 8.12. The van der Waals surface area contributed by atoms with Crippen LogP contribution in [0.4, 0.5) is 0 Å². The Hall–Kier alpha value is -1.40. The highest BCUT2D eigenvalue weighted by Crippen LogP contribution is 2.25. The first-order chi connectivity index (χ1) is 10.2. The number of sulfonamides is 1. The Morgan fingerprint density at radius 1 is 1.23 bits per heavy atom. The van der Waals surface area contributed by atoms with Gasteiger partial charge in [-0.05, 0) is 49.9 Å². The molecule has 1 atom stereocenters. The first-order valence-corrected chi connectivity index (χ1v) is 8.96. The molecule has 0 bridgehead atoms. The quantitative estimate of drug-likeness (QED) is 0.852. The third-order valence-corrected chi connectivity index (χ3v) is 6.15. The predicted octanol–water partition coefficient (Wildman–Crippen LogP) is 1.79. The van der Waals surface area contributed by atoms with Gasteiger partial charge in [-0.1, -0.05) is 6.07 Å². The Balaban J connectivity index is 2.25. The van der Waals surface area contributed by atoms with Crippen molar-refractivity contribution in [2.45, 2.75) is 31.6 Å². The fourth-order valence-electron chi connectivity index (χ4n) is 2.75. The zero-order valence-electron chi connectivity index (χ0n) is 13.7. The van der Waals surface area contributed by atoms with Crippen LogP contribution in [0.15, 0.2) is 23.1 Å². The SMILES string of the molecule is Cc1ccc(S(=O)(=O)N2CCCC(C(=O)N(C)C)C2)cc1C. The molecule has 22 heavy (non-hydrogen) atoms. The van der Waals surface area contributed by atoms with E-state index in [1.165, 1.54) is 9.21 Å². The molecule has 1 saturated heterocycles. The van der Waals surface area contributed by atoms with Crippen molar-refractivity contribution in [3.63, 3.8) is 0 Å². The van der Waals surface area contributed by atoms with Gasteiger partial charge in [-0.25, -0.2) is 8.42 Å². The number of hydrogen-bond donors (Lipinski definition) is 0. The Labute approximate surface area is 133 Å². The van der Waals surface area contributed by atoms with Crippen molar-refractivity contribution in [1.29, 1.82) is 0 Å². The zero-order chi connectivity index (χ0) is 16.5. The van der Waals surface area contributed by atoms with E-state index in [4.69, 9.17) is 0 Å². The summed E-state index contributed by atoms with van der Waals surface area (Å²) in [6.45, 7) is 4.61. The van der Waals surface area contributed by atoms with Crippen LogP contribution in [-0.2, 0) is 14.8 Å². The first kappa shape index (κ1) is 17.0. The van der Waals surface area contributed by atoms with Crippen LogP contribution in [0.5, 0.6) is 0 Å². The van der Waals surface area contributed by atoms with Gasteiger partial charge < -0.3 is 4.90 Å². The van der Waals surface area contributed by atoms with Gasteiger partial charge in [0.25, 0.3) is 0 Å². The van der Waals surface area contributed by atoms with Crippen LogP contribution in [0.2, 0.25) is 0 Å². The van der Waals surface area contributed by atoms with Gasteiger partial charge in [-0.2, -0.15) is 4.31 Å². The average molecular weight is 324 g/mol. The summed E-state index contributed by atoms with van der Waals surface area (Å²) in [7, 11) is -0.116. The molecular formula is C16H24N2O3S. The highest BCUT2D eigenvalue weighted by atomic mass is 32.2. The maximum Gasteiger partial charge on any atom is 0.243 e. The lowest BCUT2D eigenvalue weighted by Gasteiger charge is -2.32. The van der Waals surface area contributed by atoms with E-state index in [-0.39, 0.29) is 18.4 Å². The van der Waals surface area contributed by atoms with Crippen LogP contribution in [0.3, 0.4) is 0 Å². The number of carbonyl (C=O) groups is 1. The molecular weight excluding hydrogens is 300 g/mol. The summed E-state index contributed by atoms with van der Waals surface area (Å²) in [4.78, 5) is 14.0. The van der Waals surface area contributed by atoms with E-state index >= 15 is 0 Å². The number of piperidine rings is 1. The molecule has 0 spiro atoms. The van der Waals surface area contributed by atoms with Crippen LogP contribution in [0, 0.1) is 19.8 Å². The standard InChI is InChI=1S/C16H24N2O3S/c1-12-7-8-15(10-13(12)2)22(20,21)18-9-5-6-14(11-18)16(19)17(3)4/h7-8,10,14H,5-6,9,11H2,1-4H3. The van der Waals surface area contributed by atoms with Gasteiger partial charge >= 0.3 is 0 Å². The lowest BCUT2D eigenvalue weighted by molar-refractivity contribution is -0.134. The van der Waals surface area contributed by atoms with Crippen molar-refractivity contribution in [2.75, 3.05) is 27.2 Å². The minimum Gasteiger partial charge on any atom is -0.349 e. The van der Waals surface area contributed by atoms with E-state index < -0.39 is 10.0 Å². The molecule has 1 aromatic carbocycles. The topological polar surface area (TPSA) is 57.7 Å². The van der Waals surface area contributed by atoms with E-state index in [0.29, 0.717) is 17.9 Å². The van der Waals surface area contributed by atoms with E-state index in [2.05, 4.69) is 0 Å². The second-order valence-electron chi connectivity index (χ2n) is 6.18. The molecule has 0 radical (unpaired) electrons. The highest BCUT2D eigenvalue weighted by Gasteiger charge is 2.33. The van der Waals surface area contributed by atoms with Crippen molar-refractivity contribution in [2.24, 2.45) is 5.92 Å². The van der Waals surface area contributed by atoms with Crippen molar-refractivity contribution >= 4 is 15.9 Å². The average Bonchev–Trinajstić information content (AvgIpc) is 2.49. The molecule has 0 aromatic heterocycles. The maximum atomic E-state index is 12.8. The van der Waals surface area contributed by atoms with Crippen LogP contribution < -0.4 is 0 Å². The molecule has 0 N–H and O–H groups in total. The predicted molar refractivity (Wildman–Crippen MR) is 86.1 cm³/mol. The van der Waals surface area contributed by atoms with Gasteiger partial charge in [0.05, 0.1) is 10.8 Å². The zero-order valence-corrected chi connectivity index (χ0v) is 14.5. The molecule has 1 aliphatic rings. The number of amides is 1. The molecule has 1 heterocycles. The molecule has 1 aliphatic heterocycles. The van der Waals surface area contributed by atoms with Crippen LogP contribution in [0.25, 0.3) is 0 Å². The summed E-state index contributed by atoms with van der Waals surface area (Å²) in [6.07, 6.45) is 1.46. The monoisotopic (exact) mass is 324 g/mol. The molecule has 6 heteroatoms. The summed E-state index contributed by atoms with van der Waals surface area (Å²) in [6, 6.07) is 5.19. The third kappa shape index (κ3) is 3.33. The number of aryl methyl sites for hydroxylation is 2. The molecule has 1 fully saturated rings. The van der Waals surface area contributed by atoms with Gasteiger partial charge in [-0.15, -0.1) is 0 Å². The molecule has 5 nitrogen and oxygen atoms in total. The fraction of sp³-hybridized carbons (Fsp3) is 0.562. The van der Waals surface area contributed by atoms with Crippen molar-refractivity contribution in [3.05, 3.63) is 29.3 Å². The fourth-order valence-corrected chi connectivity index (χ4v) is 4.36. The molecule has 1 aromatic rings. The summed E-state index contributed by atoms with van der Waals surface area (Å²) < 4.78 is 27.0. The molecule has 122 valence electrons. The molecule has 1 amide bonds. The van der Waals surface area contributed by atoms with Crippen LogP contribution in [0.1, 0.15) is 24.0 Å². The summed E-state index contributed by atoms with van der Waals surface area (Å²) in [5.74, 6) is -0.245. The minimum absolute atomic E-state index is 0.0000123. The minimum atomic E-state index is -3.53. The summed E-state index contributed by atoms with van der Waals surface area (Å²) in [5.41, 5.74) is 2.03. The Morgan fingerprint density at radius 3 is 2.50 bits per heavy atom. The molecule has 0 aliphatic carbocycles. The Morgan fingerprint density at radius 2 is 1.91 bits per heavy atom. The van der Waals surface area contributed by atoms with E-state index in [1.54, 1.807) is 26.2 Å². The summed E-state index contributed by atoms with van der Waals surface area (Å²) in [5, 5.41) is 0. The Bertz CT molecular complexity index is 668. The number of hydrogen-bond acceptors (Lipinski definition) is 3. The highest BCUT2D eigenvalue weighted by molar-refractivity contribution is 7.89. The molecule has 1 unspecified atom stereocenters. The van der Waals surface area contributed by atoms with Crippen molar-refractivity contribution in [3.8, 4) is 0 Å². The van der Waals surface area contributed by atoms with Gasteiger partial charge in [-0.3, -0.25) is 4.79 Å². The van der Waals surface area contributed by atoms with Crippen molar-refractivity contribution in [1.82, 2.24) is 9.21 Å². The molecule has 0 saturated carbocycles. The lowest BCUT2D eigenvalue weighted by Crippen LogP contribution is -2.45. The van der Waals surface area contributed by atoms with Gasteiger partial charge in [0.1, 0.15) is 0 Å². The normalized spacial score (nSPS) is 19.9. The second kappa shape index (κ2) is 6.38. The van der Waals surface area contributed by atoms with E-state index in [0.717, 1.165) is 17.5 Å². The molecule has 2 rings (SSSR count). The van der Waals surface area contributed by atoms with Gasteiger partial charge in [0.15, 0.2) is 0 Å². The number of rotatable bonds is 3. The van der Waals surface area contributed by atoms with Gasteiger partial charge in [0, 0.05) is 27.2 Å². The Kier molecular flexibility index (Phi) is 4.92. The van der Waals surface area contributed by atoms with Gasteiger partial charge in [0.2, 0.25) is 15.9 Å². The van der Waals surface area contributed by atoms with Crippen LogP contribution in [-0.4, -0.2) is 50.7 Å². The largest absolute Gasteiger partial charge is 0.349 e. The van der Waals surface area contributed by atoms with E-state index in [1.807, 2.05) is 19.9 Å². The van der Waals surface area contributed by atoms with E-state index in [9.17, 15) is 13.2 Å². The number of benzene rings is 1. The lowest BCUT2D eigenvalue weighted by atomic mass is 9.98.